The molecular formula is C13H13NO2. The predicted octanol–water partition coefficient (Wildman–Crippen LogP) is 2.90. The number of carbonyl (C=O) groups excluding carboxylic acids is 1. The highest BCUT2D eigenvalue weighted by Crippen LogP contribution is 2.20. The molecule has 0 saturated heterocycles. The molecule has 1 aromatic carbocycles. The van der Waals surface area contributed by atoms with Crippen molar-refractivity contribution >= 4 is 16.7 Å². The van der Waals surface area contributed by atoms with E-state index in [9.17, 15) is 4.79 Å². The Morgan fingerprint density at radius 3 is 2.94 bits per heavy atom. The van der Waals surface area contributed by atoms with Gasteiger partial charge in [0.05, 0.1) is 12.2 Å². The number of para-hydroxylation sites is 1. The van der Waals surface area contributed by atoms with Gasteiger partial charge in [0.15, 0.2) is 5.76 Å². The third kappa shape index (κ3) is 1.72. The molecule has 1 N–H and O–H groups in total. The molecule has 0 amide bonds. The molecule has 16 heavy (non-hydrogen) atoms. The van der Waals surface area contributed by atoms with Gasteiger partial charge in [0.25, 0.3) is 0 Å². The van der Waals surface area contributed by atoms with Crippen molar-refractivity contribution in [1.29, 1.82) is 0 Å². The van der Waals surface area contributed by atoms with E-state index in [1.54, 1.807) is 6.20 Å². The first-order valence-electron chi connectivity index (χ1n) is 5.16. The van der Waals surface area contributed by atoms with Gasteiger partial charge in [0.1, 0.15) is 0 Å². The standard InChI is InChI=1S/C13H13NO2/c1-3-16-9(2)13(15)11-8-14-12-7-5-4-6-10(11)12/h4-8,14H,2-3H2,1H3. The van der Waals surface area contributed by atoms with Crippen molar-refractivity contribution in [2.75, 3.05) is 6.61 Å². The van der Waals surface area contributed by atoms with Crippen LogP contribution in [-0.2, 0) is 4.74 Å². The van der Waals surface area contributed by atoms with Gasteiger partial charge >= 0.3 is 0 Å². The molecule has 0 radical (unpaired) electrons. The van der Waals surface area contributed by atoms with Gasteiger partial charge in [-0.2, -0.15) is 0 Å². The van der Waals surface area contributed by atoms with Gasteiger partial charge in [-0.15, -0.1) is 0 Å². The summed E-state index contributed by atoms with van der Waals surface area (Å²) in [5.41, 5.74) is 1.55. The molecule has 2 rings (SSSR count). The van der Waals surface area contributed by atoms with Crippen molar-refractivity contribution in [1.82, 2.24) is 4.98 Å². The molecule has 0 aliphatic carbocycles. The lowest BCUT2D eigenvalue weighted by atomic mass is 10.1. The zero-order chi connectivity index (χ0) is 11.5. The van der Waals surface area contributed by atoms with Crippen LogP contribution in [0.4, 0.5) is 0 Å². The van der Waals surface area contributed by atoms with Gasteiger partial charge in [-0.3, -0.25) is 4.79 Å². The lowest BCUT2D eigenvalue weighted by molar-refractivity contribution is 0.0930. The third-order valence-corrected chi connectivity index (χ3v) is 2.41. The summed E-state index contributed by atoms with van der Waals surface area (Å²) >= 11 is 0. The van der Waals surface area contributed by atoms with Crippen molar-refractivity contribution in [3.63, 3.8) is 0 Å². The minimum atomic E-state index is -0.167. The molecular weight excluding hydrogens is 202 g/mol. The first kappa shape index (κ1) is 10.5. The van der Waals surface area contributed by atoms with Gasteiger partial charge in [0, 0.05) is 17.1 Å². The summed E-state index contributed by atoms with van der Waals surface area (Å²) in [5, 5.41) is 0.897. The average Bonchev–Trinajstić information content (AvgIpc) is 2.72. The Bertz CT molecular complexity index is 540. The number of ether oxygens (including phenoxy) is 1. The van der Waals surface area contributed by atoms with Crippen LogP contribution in [0.3, 0.4) is 0 Å². The molecule has 0 unspecified atom stereocenters. The minimum absolute atomic E-state index is 0.167. The fourth-order valence-corrected chi connectivity index (χ4v) is 1.65. The smallest absolute Gasteiger partial charge is 0.229 e. The number of fused-ring (bicyclic) bond motifs is 1. The summed E-state index contributed by atoms with van der Waals surface area (Å²) in [6.45, 7) is 5.90. The molecule has 0 saturated carbocycles. The molecule has 3 nitrogen and oxygen atoms in total. The molecule has 0 aliphatic rings. The van der Waals surface area contributed by atoms with Gasteiger partial charge in [-0.05, 0) is 13.0 Å². The van der Waals surface area contributed by atoms with Crippen LogP contribution in [0.2, 0.25) is 0 Å². The maximum Gasteiger partial charge on any atom is 0.229 e. The van der Waals surface area contributed by atoms with E-state index in [1.165, 1.54) is 0 Å². The molecule has 2 aromatic rings. The second-order valence-corrected chi connectivity index (χ2v) is 3.43. The van der Waals surface area contributed by atoms with Crippen LogP contribution in [0.25, 0.3) is 10.9 Å². The summed E-state index contributed by atoms with van der Waals surface area (Å²) < 4.78 is 5.12. The second kappa shape index (κ2) is 4.23. The molecule has 0 fully saturated rings. The Kier molecular flexibility index (Phi) is 2.77. The summed E-state index contributed by atoms with van der Waals surface area (Å²) in [6.07, 6.45) is 1.69. The van der Waals surface area contributed by atoms with Crippen LogP contribution in [0.5, 0.6) is 0 Å². The van der Waals surface area contributed by atoms with Crippen LogP contribution in [0.15, 0.2) is 42.8 Å². The predicted molar refractivity (Wildman–Crippen MR) is 63.4 cm³/mol. The molecule has 0 bridgehead atoms. The van der Waals surface area contributed by atoms with Crippen molar-refractivity contribution in [3.8, 4) is 0 Å². The zero-order valence-corrected chi connectivity index (χ0v) is 9.12. The molecule has 0 aliphatic heterocycles. The largest absolute Gasteiger partial charge is 0.490 e. The monoisotopic (exact) mass is 215 g/mol. The first-order valence-corrected chi connectivity index (χ1v) is 5.16. The molecule has 3 heteroatoms. The number of hydrogen-bond donors (Lipinski definition) is 1. The number of aromatic amines is 1. The van der Waals surface area contributed by atoms with E-state index in [0.29, 0.717) is 12.2 Å². The van der Waals surface area contributed by atoms with Crippen LogP contribution in [0.1, 0.15) is 17.3 Å². The number of carbonyl (C=O) groups is 1. The normalized spacial score (nSPS) is 10.3. The van der Waals surface area contributed by atoms with E-state index in [0.717, 1.165) is 10.9 Å². The lowest BCUT2D eigenvalue weighted by Gasteiger charge is -2.04. The molecule has 1 heterocycles. The van der Waals surface area contributed by atoms with Crippen LogP contribution in [-0.4, -0.2) is 17.4 Å². The zero-order valence-electron chi connectivity index (χ0n) is 9.12. The fraction of sp³-hybridized carbons (Fsp3) is 0.154. The molecule has 0 atom stereocenters. The molecule has 0 spiro atoms. The van der Waals surface area contributed by atoms with Gasteiger partial charge in [-0.1, -0.05) is 24.8 Å². The third-order valence-electron chi connectivity index (χ3n) is 2.41. The number of hydrogen-bond acceptors (Lipinski definition) is 2. The van der Waals surface area contributed by atoms with Crippen molar-refractivity contribution in [3.05, 3.63) is 48.4 Å². The molecule has 1 aromatic heterocycles. The number of ketones is 1. The average molecular weight is 215 g/mol. The highest BCUT2D eigenvalue weighted by molar-refractivity contribution is 6.14. The maximum atomic E-state index is 12.0. The Morgan fingerprint density at radius 1 is 1.44 bits per heavy atom. The summed E-state index contributed by atoms with van der Waals surface area (Å²) in [4.78, 5) is 15.0. The van der Waals surface area contributed by atoms with E-state index >= 15 is 0 Å². The highest BCUT2D eigenvalue weighted by atomic mass is 16.5. The van der Waals surface area contributed by atoms with E-state index in [2.05, 4.69) is 11.6 Å². The van der Waals surface area contributed by atoms with Crippen molar-refractivity contribution in [2.24, 2.45) is 0 Å². The fourth-order valence-electron chi connectivity index (χ4n) is 1.65. The number of aromatic nitrogens is 1. The van der Waals surface area contributed by atoms with Crippen LogP contribution in [0, 0.1) is 0 Å². The van der Waals surface area contributed by atoms with E-state index in [1.807, 2.05) is 31.2 Å². The maximum absolute atomic E-state index is 12.0. The van der Waals surface area contributed by atoms with Crippen LogP contribution < -0.4 is 0 Å². The quantitative estimate of drug-likeness (QED) is 0.484. The number of allylic oxidation sites excluding steroid dienone is 1. The summed E-state index contributed by atoms with van der Waals surface area (Å²) in [5.74, 6) is 0.0200. The Balaban J connectivity index is 2.40. The number of Topliss-reactive ketones (excluding diaryl/α,β-unsaturated/α-hetero) is 1. The van der Waals surface area contributed by atoms with E-state index in [4.69, 9.17) is 4.74 Å². The lowest BCUT2D eigenvalue weighted by Crippen LogP contribution is -2.05. The first-order chi connectivity index (χ1) is 7.74. The number of nitrogens with one attached hydrogen (secondary N) is 1. The summed E-state index contributed by atoms with van der Waals surface area (Å²) in [6, 6.07) is 7.65. The highest BCUT2D eigenvalue weighted by Gasteiger charge is 2.15. The Hall–Kier alpha value is -2.03. The number of rotatable bonds is 4. The molecule has 82 valence electrons. The summed E-state index contributed by atoms with van der Waals surface area (Å²) in [7, 11) is 0. The van der Waals surface area contributed by atoms with E-state index in [-0.39, 0.29) is 11.5 Å². The Labute approximate surface area is 93.7 Å². The SMILES string of the molecule is C=C(OCC)C(=O)c1c[nH]c2ccccc12. The topological polar surface area (TPSA) is 42.1 Å². The number of H-pyrrole nitrogens is 1. The van der Waals surface area contributed by atoms with Crippen LogP contribution >= 0.6 is 0 Å². The van der Waals surface area contributed by atoms with Gasteiger partial charge in [-0.25, -0.2) is 0 Å². The van der Waals surface area contributed by atoms with Gasteiger partial charge in [0.2, 0.25) is 5.78 Å². The second-order valence-electron chi connectivity index (χ2n) is 3.43. The Morgan fingerprint density at radius 2 is 2.19 bits per heavy atom. The van der Waals surface area contributed by atoms with Crippen molar-refractivity contribution in [2.45, 2.75) is 6.92 Å². The van der Waals surface area contributed by atoms with Crippen molar-refractivity contribution < 1.29 is 9.53 Å². The minimum Gasteiger partial charge on any atom is -0.490 e. The van der Waals surface area contributed by atoms with Gasteiger partial charge < -0.3 is 9.72 Å². The van der Waals surface area contributed by atoms with E-state index < -0.39 is 0 Å². The number of benzene rings is 1.